The number of hydrogen-bond acceptors (Lipinski definition) is 5. The highest BCUT2D eigenvalue weighted by atomic mass is 35.5. The molecule has 0 radical (unpaired) electrons. The molecule has 2 aromatic rings. The van der Waals surface area contributed by atoms with E-state index in [4.69, 9.17) is 11.6 Å². The third-order valence-corrected chi connectivity index (χ3v) is 3.79. The summed E-state index contributed by atoms with van der Waals surface area (Å²) in [5, 5.41) is 14.8. The maximum absolute atomic E-state index is 12.5. The number of benzene rings is 1. The molecule has 0 bridgehead atoms. The number of carbonyl (C=O) groups excluding carboxylic acids is 2. The van der Waals surface area contributed by atoms with E-state index in [2.05, 4.69) is 20.6 Å². The lowest BCUT2D eigenvalue weighted by molar-refractivity contribution is -0.139. The minimum Gasteiger partial charge on any atom is -0.480 e. The molecule has 0 aliphatic rings. The van der Waals surface area contributed by atoms with Gasteiger partial charge in [-0.2, -0.15) is 0 Å². The minimum absolute atomic E-state index is 0.0564. The van der Waals surface area contributed by atoms with Crippen molar-refractivity contribution in [3.8, 4) is 0 Å². The Balaban J connectivity index is 2.20. The van der Waals surface area contributed by atoms with Crippen molar-refractivity contribution in [2.45, 2.75) is 26.3 Å². The van der Waals surface area contributed by atoms with Gasteiger partial charge in [-0.25, -0.2) is 14.8 Å². The van der Waals surface area contributed by atoms with Gasteiger partial charge >= 0.3 is 5.97 Å². The van der Waals surface area contributed by atoms with Crippen molar-refractivity contribution in [1.82, 2.24) is 15.3 Å². The second-order valence-electron chi connectivity index (χ2n) is 6.21. The highest BCUT2D eigenvalue weighted by Crippen LogP contribution is 2.15. The number of amides is 2. The van der Waals surface area contributed by atoms with Crippen LogP contribution in [0.25, 0.3) is 0 Å². The second-order valence-corrected chi connectivity index (χ2v) is 6.64. The van der Waals surface area contributed by atoms with E-state index in [0.29, 0.717) is 10.7 Å². The van der Waals surface area contributed by atoms with E-state index in [-0.39, 0.29) is 23.7 Å². The zero-order valence-corrected chi connectivity index (χ0v) is 15.5. The fraction of sp³-hybridized carbons (Fsp3) is 0.278. The van der Waals surface area contributed by atoms with Gasteiger partial charge in [-0.15, -0.1) is 0 Å². The van der Waals surface area contributed by atoms with Gasteiger partial charge in [0.25, 0.3) is 11.8 Å². The molecule has 0 spiro atoms. The molecule has 1 heterocycles. The molecule has 1 atom stereocenters. The monoisotopic (exact) mass is 390 g/mol. The number of nitrogens with one attached hydrogen (secondary N) is 2. The highest BCUT2D eigenvalue weighted by Gasteiger charge is 2.26. The van der Waals surface area contributed by atoms with Crippen LogP contribution in [0.2, 0.25) is 5.02 Å². The quantitative estimate of drug-likeness (QED) is 0.668. The van der Waals surface area contributed by atoms with Crippen LogP contribution in [0.4, 0.5) is 5.69 Å². The predicted molar refractivity (Wildman–Crippen MR) is 99.8 cm³/mol. The second kappa shape index (κ2) is 9.09. The average Bonchev–Trinajstić information content (AvgIpc) is 2.62. The van der Waals surface area contributed by atoms with Crippen molar-refractivity contribution >= 4 is 35.1 Å². The zero-order valence-electron chi connectivity index (χ0n) is 14.8. The van der Waals surface area contributed by atoms with Crippen molar-refractivity contribution in [2.24, 2.45) is 5.92 Å². The number of carboxylic acids is 1. The van der Waals surface area contributed by atoms with E-state index >= 15 is 0 Å². The van der Waals surface area contributed by atoms with E-state index < -0.39 is 23.8 Å². The molecule has 0 saturated carbocycles. The number of aromatic nitrogens is 2. The number of rotatable bonds is 7. The molecule has 0 aliphatic carbocycles. The Morgan fingerprint density at radius 3 is 2.11 bits per heavy atom. The molecule has 9 heteroatoms. The largest absolute Gasteiger partial charge is 0.480 e. The fourth-order valence-corrected chi connectivity index (χ4v) is 2.44. The van der Waals surface area contributed by atoms with Crippen LogP contribution in [0.1, 0.15) is 41.2 Å². The number of anilines is 1. The van der Waals surface area contributed by atoms with Crippen LogP contribution in [0.15, 0.2) is 36.7 Å². The lowest BCUT2D eigenvalue weighted by Crippen LogP contribution is -2.42. The van der Waals surface area contributed by atoms with Crippen molar-refractivity contribution in [2.75, 3.05) is 5.32 Å². The number of carbonyl (C=O) groups is 3. The highest BCUT2D eigenvalue weighted by molar-refractivity contribution is 6.30. The van der Waals surface area contributed by atoms with E-state index in [1.807, 2.05) is 13.8 Å². The van der Waals surface area contributed by atoms with Crippen molar-refractivity contribution in [3.05, 3.63) is 53.1 Å². The van der Waals surface area contributed by atoms with Crippen molar-refractivity contribution < 1.29 is 19.5 Å². The van der Waals surface area contributed by atoms with Crippen LogP contribution in [0.5, 0.6) is 0 Å². The SMILES string of the molecule is CC(C)C[C@@H](NC(=O)c1nccnc1C(=O)Nc1ccc(Cl)cc1)C(=O)O. The molecule has 0 saturated heterocycles. The van der Waals surface area contributed by atoms with E-state index in [1.54, 1.807) is 24.3 Å². The average molecular weight is 391 g/mol. The first kappa shape index (κ1) is 20.3. The molecule has 3 N–H and O–H groups in total. The molecule has 142 valence electrons. The molecule has 0 unspecified atom stereocenters. The topological polar surface area (TPSA) is 121 Å². The van der Waals surface area contributed by atoms with Crippen molar-refractivity contribution in [3.63, 3.8) is 0 Å². The van der Waals surface area contributed by atoms with E-state index in [1.165, 1.54) is 12.4 Å². The molecule has 0 aliphatic heterocycles. The Kier molecular flexibility index (Phi) is 6.84. The summed E-state index contributed by atoms with van der Waals surface area (Å²) in [7, 11) is 0. The molecule has 0 fully saturated rings. The van der Waals surface area contributed by atoms with Crippen LogP contribution in [-0.4, -0.2) is 38.9 Å². The Bertz CT molecular complexity index is 840. The maximum Gasteiger partial charge on any atom is 0.326 e. The summed E-state index contributed by atoms with van der Waals surface area (Å²) in [6.45, 7) is 3.69. The van der Waals surface area contributed by atoms with Gasteiger partial charge in [0.1, 0.15) is 6.04 Å². The van der Waals surface area contributed by atoms with Crippen LogP contribution < -0.4 is 10.6 Å². The standard InChI is InChI=1S/C18H19ClN4O4/c1-10(2)9-13(18(26)27)23-17(25)15-14(20-7-8-21-15)16(24)22-12-5-3-11(19)4-6-12/h3-8,10,13H,9H2,1-2H3,(H,22,24)(H,23,25)(H,26,27)/t13-/m1/s1. The molecular weight excluding hydrogens is 372 g/mol. The Hall–Kier alpha value is -3.00. The van der Waals surface area contributed by atoms with Gasteiger partial charge in [0, 0.05) is 23.1 Å². The first-order chi connectivity index (χ1) is 12.8. The fourth-order valence-electron chi connectivity index (χ4n) is 2.31. The summed E-state index contributed by atoms with van der Waals surface area (Å²) in [6, 6.07) is 5.31. The summed E-state index contributed by atoms with van der Waals surface area (Å²) in [6.07, 6.45) is 2.77. The molecule has 1 aromatic carbocycles. The molecule has 2 amide bonds. The summed E-state index contributed by atoms with van der Waals surface area (Å²) in [5.41, 5.74) is 0.00207. The maximum atomic E-state index is 12.5. The van der Waals surface area contributed by atoms with Gasteiger partial charge in [-0.3, -0.25) is 9.59 Å². The van der Waals surface area contributed by atoms with Crippen molar-refractivity contribution in [1.29, 1.82) is 0 Å². The van der Waals surface area contributed by atoms with Crippen LogP contribution in [0.3, 0.4) is 0 Å². The number of halogens is 1. The van der Waals surface area contributed by atoms with Gasteiger partial charge in [-0.05, 0) is 36.6 Å². The number of aliphatic carboxylic acids is 1. The lowest BCUT2D eigenvalue weighted by atomic mass is 10.0. The predicted octanol–water partition coefficient (Wildman–Crippen LogP) is 2.61. The summed E-state index contributed by atoms with van der Waals surface area (Å²) < 4.78 is 0. The Morgan fingerprint density at radius 1 is 1.04 bits per heavy atom. The molecule has 1 aromatic heterocycles. The van der Waals surface area contributed by atoms with E-state index in [0.717, 1.165) is 0 Å². The first-order valence-corrected chi connectivity index (χ1v) is 8.57. The molecule has 2 rings (SSSR count). The lowest BCUT2D eigenvalue weighted by Gasteiger charge is -2.16. The normalized spacial score (nSPS) is 11.7. The van der Waals surface area contributed by atoms with Gasteiger partial charge in [0.2, 0.25) is 0 Å². The molecule has 8 nitrogen and oxygen atoms in total. The third-order valence-electron chi connectivity index (χ3n) is 3.54. The molecular formula is C18H19ClN4O4. The summed E-state index contributed by atoms with van der Waals surface area (Å²) in [5.74, 6) is -2.53. The van der Waals surface area contributed by atoms with Crippen LogP contribution in [-0.2, 0) is 4.79 Å². The number of carboxylic acid groups (broad SMARTS) is 1. The van der Waals surface area contributed by atoms with E-state index in [9.17, 15) is 19.5 Å². The van der Waals surface area contributed by atoms with Gasteiger partial charge < -0.3 is 15.7 Å². The number of nitrogens with zero attached hydrogens (tertiary/aromatic N) is 2. The van der Waals surface area contributed by atoms with Gasteiger partial charge in [0.05, 0.1) is 0 Å². The smallest absolute Gasteiger partial charge is 0.326 e. The minimum atomic E-state index is -1.16. The Labute approximate surface area is 161 Å². The van der Waals surface area contributed by atoms with Crippen LogP contribution >= 0.6 is 11.6 Å². The third kappa shape index (κ3) is 5.75. The first-order valence-electron chi connectivity index (χ1n) is 8.19. The number of hydrogen-bond donors (Lipinski definition) is 3. The molecule has 27 heavy (non-hydrogen) atoms. The summed E-state index contributed by atoms with van der Waals surface area (Å²) in [4.78, 5) is 44.1. The van der Waals surface area contributed by atoms with Gasteiger partial charge in [0.15, 0.2) is 11.4 Å². The van der Waals surface area contributed by atoms with Crippen LogP contribution in [0, 0.1) is 5.92 Å². The summed E-state index contributed by atoms with van der Waals surface area (Å²) >= 11 is 5.81. The zero-order chi connectivity index (χ0) is 20.0. The van der Waals surface area contributed by atoms with Gasteiger partial charge in [-0.1, -0.05) is 25.4 Å². The Morgan fingerprint density at radius 2 is 1.59 bits per heavy atom.